The first-order chi connectivity index (χ1) is 30.2. The Hall–Kier alpha value is -6.18. The van der Waals surface area contributed by atoms with Gasteiger partial charge in [-0.3, -0.25) is 0 Å². The van der Waals surface area contributed by atoms with E-state index in [0.717, 1.165) is 67.6 Å². The summed E-state index contributed by atoms with van der Waals surface area (Å²) in [4.78, 5) is 0. The van der Waals surface area contributed by atoms with Crippen LogP contribution in [0.15, 0.2) is 109 Å². The molecule has 324 valence electrons. The second-order valence-electron chi connectivity index (χ2n) is 17.7. The molecule has 7 rings (SSSR count). The van der Waals surface area contributed by atoms with E-state index < -0.39 is 0 Å². The number of rotatable bonds is 12. The second-order valence-corrected chi connectivity index (χ2v) is 17.7. The standard InChI is InChI=1S/C57H63N3O3/c1-37-16-10-13-19-48(37)22-25-51-31-45(28-40(4)55(51)61)34-54-43(7)59(35-46-29-41(5)56(62)52(32-46)26-23-49-20-14-11-17-38(49)2)58(9)60(44(54)8)36-47-30-42(6)57(63)53(33-47)27-24-50-21-15-12-18-39(50)3/h10-33,43-44,54,61-63H,34-36H2,1-9H3/b25-22+,26-23+,27-24+. The second kappa shape index (κ2) is 19.5. The lowest BCUT2D eigenvalue weighted by atomic mass is 9.84. The number of hydrazine groups is 2. The minimum Gasteiger partial charge on any atom is -0.507 e. The van der Waals surface area contributed by atoms with Crippen LogP contribution in [0.3, 0.4) is 0 Å². The van der Waals surface area contributed by atoms with Crippen molar-refractivity contribution in [3.63, 3.8) is 0 Å². The molecule has 0 aliphatic carbocycles. The Balaban J connectivity index is 1.25. The molecule has 2 unspecified atom stereocenters. The highest BCUT2D eigenvalue weighted by molar-refractivity contribution is 5.76. The molecule has 0 aromatic heterocycles. The van der Waals surface area contributed by atoms with Crippen LogP contribution in [0.2, 0.25) is 0 Å². The van der Waals surface area contributed by atoms with Gasteiger partial charge in [0.15, 0.2) is 0 Å². The van der Waals surface area contributed by atoms with Crippen LogP contribution >= 0.6 is 0 Å². The summed E-state index contributed by atoms with van der Waals surface area (Å²) in [5.41, 5.74) is 15.2. The predicted octanol–water partition coefficient (Wildman–Crippen LogP) is 12.9. The lowest BCUT2D eigenvalue weighted by Crippen LogP contribution is -2.66. The highest BCUT2D eigenvalue weighted by Crippen LogP contribution is 2.37. The first-order valence-electron chi connectivity index (χ1n) is 22.1. The summed E-state index contributed by atoms with van der Waals surface area (Å²) in [5, 5.41) is 41.0. The van der Waals surface area contributed by atoms with Crippen molar-refractivity contribution in [2.75, 3.05) is 7.05 Å². The van der Waals surface area contributed by atoms with E-state index in [9.17, 15) is 15.3 Å². The van der Waals surface area contributed by atoms with Crippen molar-refractivity contribution in [1.82, 2.24) is 15.1 Å². The smallest absolute Gasteiger partial charge is 0.125 e. The first kappa shape index (κ1) is 44.9. The Morgan fingerprint density at radius 3 is 1.06 bits per heavy atom. The third-order valence-electron chi connectivity index (χ3n) is 13.1. The van der Waals surface area contributed by atoms with Crippen molar-refractivity contribution in [2.45, 2.75) is 87.0 Å². The number of hydrogen-bond donors (Lipinski definition) is 3. The molecule has 2 atom stereocenters. The molecule has 1 fully saturated rings. The average Bonchev–Trinajstić information content (AvgIpc) is 3.26. The summed E-state index contributed by atoms with van der Waals surface area (Å²) < 4.78 is 0. The fourth-order valence-electron chi connectivity index (χ4n) is 9.19. The maximum absolute atomic E-state index is 11.3. The van der Waals surface area contributed by atoms with Gasteiger partial charge in [-0.25, -0.2) is 10.0 Å². The van der Waals surface area contributed by atoms with Crippen LogP contribution in [0.25, 0.3) is 36.5 Å². The van der Waals surface area contributed by atoms with E-state index in [1.54, 1.807) is 0 Å². The van der Waals surface area contributed by atoms with Crippen molar-refractivity contribution < 1.29 is 15.3 Å². The maximum atomic E-state index is 11.3. The number of benzene rings is 6. The lowest BCUT2D eigenvalue weighted by Gasteiger charge is -2.55. The topological polar surface area (TPSA) is 70.4 Å². The van der Waals surface area contributed by atoms with Gasteiger partial charge in [0.2, 0.25) is 0 Å². The molecule has 3 N–H and O–H groups in total. The van der Waals surface area contributed by atoms with Gasteiger partial charge in [-0.1, -0.05) is 127 Å². The van der Waals surface area contributed by atoms with Crippen LogP contribution in [0.1, 0.15) is 97.3 Å². The maximum Gasteiger partial charge on any atom is 0.125 e. The minimum atomic E-state index is 0.121. The Labute approximate surface area is 375 Å². The van der Waals surface area contributed by atoms with Gasteiger partial charge >= 0.3 is 0 Å². The predicted molar refractivity (Wildman–Crippen MR) is 264 cm³/mol. The van der Waals surface area contributed by atoms with Crippen LogP contribution in [-0.4, -0.2) is 49.6 Å². The first-order valence-corrected chi connectivity index (χ1v) is 22.1. The van der Waals surface area contributed by atoms with E-state index in [-0.39, 0.29) is 18.0 Å². The van der Waals surface area contributed by atoms with Gasteiger partial charge in [-0.15, -0.1) is 0 Å². The molecule has 1 aliphatic rings. The van der Waals surface area contributed by atoms with E-state index in [1.165, 1.54) is 22.3 Å². The summed E-state index contributed by atoms with van der Waals surface area (Å²) in [6, 6.07) is 37.8. The molecule has 0 saturated carbocycles. The Bertz CT molecular complexity index is 2390. The largest absolute Gasteiger partial charge is 0.507 e. The van der Waals surface area contributed by atoms with Gasteiger partial charge in [0, 0.05) is 48.9 Å². The minimum absolute atomic E-state index is 0.121. The van der Waals surface area contributed by atoms with E-state index in [2.05, 4.69) is 148 Å². The van der Waals surface area contributed by atoms with Crippen molar-refractivity contribution >= 4 is 36.5 Å². The summed E-state index contributed by atoms with van der Waals surface area (Å²) in [6.07, 6.45) is 13.1. The zero-order valence-electron chi connectivity index (χ0n) is 38.4. The molecular formula is C57H63N3O3. The molecule has 1 heterocycles. The van der Waals surface area contributed by atoms with Gasteiger partial charge in [0.05, 0.1) is 0 Å². The Kier molecular flexibility index (Phi) is 13.9. The van der Waals surface area contributed by atoms with Crippen molar-refractivity contribution in [1.29, 1.82) is 0 Å². The van der Waals surface area contributed by atoms with E-state index in [1.807, 2.05) is 75.4 Å². The molecule has 0 spiro atoms. The molecule has 6 nitrogen and oxygen atoms in total. The van der Waals surface area contributed by atoms with Gasteiger partial charge in [0.25, 0.3) is 0 Å². The molecule has 0 radical (unpaired) electrons. The van der Waals surface area contributed by atoms with Crippen LogP contribution in [-0.2, 0) is 19.5 Å². The zero-order valence-corrected chi connectivity index (χ0v) is 38.4. The van der Waals surface area contributed by atoms with Gasteiger partial charge in [0.1, 0.15) is 17.2 Å². The van der Waals surface area contributed by atoms with Gasteiger partial charge < -0.3 is 15.3 Å². The molecule has 1 aliphatic heterocycles. The SMILES string of the molecule is Cc1ccccc1/C=C/c1cc(CC2C(C)N(Cc3cc(C)c(O)c(/C=C/c4ccccc4C)c3)N(C)N(Cc3cc(C)c(O)c(/C=C/c4ccccc4C)c3)C2C)cc(C)c1O. The van der Waals surface area contributed by atoms with E-state index in [4.69, 9.17) is 0 Å². The normalized spacial score (nSPS) is 17.8. The highest BCUT2D eigenvalue weighted by atomic mass is 16.3. The van der Waals surface area contributed by atoms with Gasteiger partial charge in [-0.2, -0.15) is 5.12 Å². The van der Waals surface area contributed by atoms with Gasteiger partial charge in [-0.05, 0) is 153 Å². The number of phenolic OH excluding ortho intramolecular Hbond substituents is 3. The van der Waals surface area contributed by atoms with Crippen molar-refractivity contribution in [3.8, 4) is 17.2 Å². The third kappa shape index (κ3) is 10.2. The Morgan fingerprint density at radius 1 is 0.413 bits per heavy atom. The van der Waals surface area contributed by atoms with Crippen LogP contribution in [0.5, 0.6) is 17.2 Å². The average molecular weight is 838 g/mol. The number of aromatic hydroxyl groups is 3. The lowest BCUT2D eigenvalue weighted by molar-refractivity contribution is -0.263. The molecular weight excluding hydrogens is 775 g/mol. The highest BCUT2D eigenvalue weighted by Gasteiger charge is 2.41. The monoisotopic (exact) mass is 837 g/mol. The number of phenols is 3. The number of aryl methyl sites for hydroxylation is 6. The molecule has 6 aromatic carbocycles. The van der Waals surface area contributed by atoms with Crippen LogP contribution < -0.4 is 0 Å². The molecule has 6 heteroatoms. The summed E-state index contributed by atoms with van der Waals surface area (Å²) in [5.74, 6) is 1.08. The van der Waals surface area contributed by atoms with E-state index >= 15 is 0 Å². The molecule has 0 bridgehead atoms. The fraction of sp³-hybridized carbons (Fsp3) is 0.263. The summed E-state index contributed by atoms with van der Waals surface area (Å²) in [7, 11) is 2.15. The molecule has 1 saturated heterocycles. The van der Waals surface area contributed by atoms with Crippen molar-refractivity contribution in [3.05, 3.63) is 193 Å². The summed E-state index contributed by atoms with van der Waals surface area (Å²) >= 11 is 0. The molecule has 63 heavy (non-hydrogen) atoms. The van der Waals surface area contributed by atoms with Crippen molar-refractivity contribution in [2.24, 2.45) is 5.92 Å². The van der Waals surface area contributed by atoms with E-state index in [0.29, 0.717) is 30.3 Å². The zero-order chi connectivity index (χ0) is 44.9. The van der Waals surface area contributed by atoms with Crippen LogP contribution in [0.4, 0.5) is 0 Å². The molecule has 6 aromatic rings. The Morgan fingerprint density at radius 2 is 0.714 bits per heavy atom. The number of hydrogen-bond acceptors (Lipinski definition) is 6. The quantitative estimate of drug-likeness (QED) is 0.107. The summed E-state index contributed by atoms with van der Waals surface area (Å²) in [6.45, 7) is 18.1. The van der Waals surface area contributed by atoms with Crippen LogP contribution in [0, 0.1) is 47.5 Å². The number of nitrogens with zero attached hydrogens (tertiary/aromatic N) is 3. The fourth-order valence-corrected chi connectivity index (χ4v) is 9.19. The third-order valence-corrected chi connectivity index (χ3v) is 13.1. The molecule has 0 amide bonds.